The molecule has 0 spiro atoms. The van der Waals surface area contributed by atoms with Gasteiger partial charge in [-0.15, -0.1) is 0 Å². The molecule has 4 nitrogen and oxygen atoms in total. The van der Waals surface area contributed by atoms with E-state index in [1.54, 1.807) is 6.07 Å². The molecule has 0 unspecified atom stereocenters. The predicted molar refractivity (Wildman–Crippen MR) is 85.1 cm³/mol. The van der Waals surface area contributed by atoms with E-state index >= 15 is 0 Å². The Morgan fingerprint density at radius 2 is 1.91 bits per heavy atom. The van der Waals surface area contributed by atoms with Gasteiger partial charge in [0, 0.05) is 34.1 Å². The first kappa shape index (κ1) is 13.5. The number of benzene rings is 2. The number of pyridine rings is 1. The van der Waals surface area contributed by atoms with Crippen LogP contribution in [-0.4, -0.2) is 20.9 Å². The predicted octanol–water partition coefficient (Wildman–Crippen LogP) is 3.79. The van der Waals surface area contributed by atoms with Crippen molar-refractivity contribution in [2.75, 3.05) is 0 Å². The second-order valence-corrected chi connectivity index (χ2v) is 5.28. The molecule has 2 heterocycles. The van der Waals surface area contributed by atoms with E-state index < -0.39 is 11.6 Å². The Bertz CT molecular complexity index is 1070. The highest BCUT2D eigenvalue weighted by Gasteiger charge is 2.16. The van der Waals surface area contributed by atoms with Crippen molar-refractivity contribution < 1.29 is 14.3 Å². The maximum Gasteiger partial charge on any atom is 0.198 e. The van der Waals surface area contributed by atoms with Crippen LogP contribution in [0, 0.1) is 5.82 Å². The zero-order chi connectivity index (χ0) is 16.0. The lowest BCUT2D eigenvalue weighted by Gasteiger charge is -2.04. The number of phenols is 1. The summed E-state index contributed by atoms with van der Waals surface area (Å²) in [5.74, 6) is -1.37. The molecule has 2 N–H and O–H groups in total. The third kappa shape index (κ3) is 2.14. The second kappa shape index (κ2) is 4.91. The minimum absolute atomic E-state index is 0.0485. The van der Waals surface area contributed by atoms with Gasteiger partial charge in [0.25, 0.3) is 0 Å². The number of phenolic OH excluding ortho intramolecular Hbond substituents is 1. The number of aromatic hydroxyl groups is 1. The van der Waals surface area contributed by atoms with Crippen molar-refractivity contribution >= 4 is 27.7 Å². The van der Waals surface area contributed by atoms with Crippen molar-refractivity contribution in [3.8, 4) is 5.75 Å². The molecule has 5 heteroatoms. The van der Waals surface area contributed by atoms with Crippen LogP contribution >= 0.6 is 0 Å². The van der Waals surface area contributed by atoms with Crippen molar-refractivity contribution in [2.24, 2.45) is 0 Å². The van der Waals surface area contributed by atoms with Crippen LogP contribution in [0.25, 0.3) is 21.9 Å². The minimum Gasteiger partial charge on any atom is -0.507 e. The van der Waals surface area contributed by atoms with Crippen LogP contribution in [0.1, 0.15) is 15.9 Å². The van der Waals surface area contributed by atoms with Gasteiger partial charge in [-0.05, 0) is 24.3 Å². The van der Waals surface area contributed by atoms with Crippen LogP contribution in [0.4, 0.5) is 4.39 Å². The van der Waals surface area contributed by atoms with Gasteiger partial charge >= 0.3 is 0 Å². The number of aromatic amines is 1. The summed E-state index contributed by atoms with van der Waals surface area (Å²) in [5.41, 5.74) is 2.01. The van der Waals surface area contributed by atoms with Gasteiger partial charge in [0.05, 0.1) is 5.56 Å². The molecule has 0 saturated carbocycles. The van der Waals surface area contributed by atoms with Crippen molar-refractivity contribution in [3.05, 3.63) is 71.7 Å². The molecule has 2 aromatic heterocycles. The zero-order valence-corrected chi connectivity index (χ0v) is 11.9. The molecule has 0 aliphatic rings. The number of rotatable bonds is 2. The quantitative estimate of drug-likeness (QED) is 0.554. The average Bonchev–Trinajstić information content (AvgIpc) is 2.92. The number of aromatic nitrogens is 2. The summed E-state index contributed by atoms with van der Waals surface area (Å²) in [6.07, 6.45) is 1.45. The van der Waals surface area contributed by atoms with Crippen molar-refractivity contribution in [1.82, 2.24) is 9.97 Å². The molecule has 0 amide bonds. The highest BCUT2D eigenvalue weighted by atomic mass is 19.1. The van der Waals surface area contributed by atoms with Gasteiger partial charge in [-0.25, -0.2) is 9.37 Å². The molecule has 0 radical (unpaired) electrons. The Labute approximate surface area is 130 Å². The SMILES string of the molecule is O=C(c1cnc2[nH]c3ccccc3c2c1)c1ccc(F)cc1O. The van der Waals surface area contributed by atoms with Gasteiger partial charge in [0.15, 0.2) is 5.78 Å². The van der Waals surface area contributed by atoms with E-state index in [1.165, 1.54) is 12.3 Å². The summed E-state index contributed by atoms with van der Waals surface area (Å²) >= 11 is 0. The number of hydrogen-bond donors (Lipinski definition) is 2. The van der Waals surface area contributed by atoms with Crippen LogP contribution in [-0.2, 0) is 0 Å². The van der Waals surface area contributed by atoms with E-state index in [-0.39, 0.29) is 11.3 Å². The first-order valence-corrected chi connectivity index (χ1v) is 7.03. The number of nitrogens with zero attached hydrogens (tertiary/aromatic N) is 1. The zero-order valence-electron chi connectivity index (χ0n) is 11.9. The van der Waals surface area contributed by atoms with Crippen LogP contribution < -0.4 is 0 Å². The highest BCUT2D eigenvalue weighted by Crippen LogP contribution is 2.27. The summed E-state index contributed by atoms with van der Waals surface area (Å²) < 4.78 is 13.1. The van der Waals surface area contributed by atoms with E-state index in [9.17, 15) is 14.3 Å². The summed E-state index contributed by atoms with van der Waals surface area (Å²) in [6.45, 7) is 0. The minimum atomic E-state index is -0.593. The number of ketones is 1. The maximum atomic E-state index is 13.1. The standard InChI is InChI=1S/C18H11FN2O2/c19-11-5-6-13(16(22)8-11)17(23)10-7-14-12-3-1-2-4-15(12)21-18(14)20-9-10/h1-9,22H,(H,20,21). The Morgan fingerprint density at radius 3 is 2.74 bits per heavy atom. The lowest BCUT2D eigenvalue weighted by Crippen LogP contribution is -2.02. The molecule has 0 saturated heterocycles. The summed E-state index contributed by atoms with van der Waals surface area (Å²) in [5, 5.41) is 11.6. The fourth-order valence-corrected chi connectivity index (χ4v) is 2.70. The summed E-state index contributed by atoms with van der Waals surface area (Å²) in [4.78, 5) is 20.0. The number of H-pyrrole nitrogens is 1. The molecule has 0 fully saturated rings. The van der Waals surface area contributed by atoms with E-state index in [1.807, 2.05) is 24.3 Å². The number of para-hydroxylation sites is 1. The summed E-state index contributed by atoms with van der Waals surface area (Å²) in [7, 11) is 0. The molecule has 0 atom stereocenters. The molecule has 0 aliphatic carbocycles. The normalized spacial score (nSPS) is 11.2. The molecule has 112 valence electrons. The van der Waals surface area contributed by atoms with E-state index in [0.717, 1.165) is 28.4 Å². The topological polar surface area (TPSA) is 66.0 Å². The van der Waals surface area contributed by atoms with Gasteiger partial charge in [-0.2, -0.15) is 0 Å². The van der Waals surface area contributed by atoms with Gasteiger partial charge < -0.3 is 10.1 Å². The molecule has 0 aliphatic heterocycles. The molecular weight excluding hydrogens is 295 g/mol. The van der Waals surface area contributed by atoms with Gasteiger partial charge in [0.2, 0.25) is 0 Å². The number of nitrogens with one attached hydrogen (secondary N) is 1. The van der Waals surface area contributed by atoms with Crippen molar-refractivity contribution in [3.63, 3.8) is 0 Å². The number of carbonyl (C=O) groups is 1. The van der Waals surface area contributed by atoms with Crippen molar-refractivity contribution in [1.29, 1.82) is 0 Å². The van der Waals surface area contributed by atoms with E-state index in [2.05, 4.69) is 9.97 Å². The number of carbonyl (C=O) groups excluding carboxylic acids is 1. The molecule has 0 bridgehead atoms. The van der Waals surface area contributed by atoms with E-state index in [0.29, 0.717) is 11.2 Å². The highest BCUT2D eigenvalue weighted by molar-refractivity contribution is 6.14. The second-order valence-electron chi connectivity index (χ2n) is 5.28. The van der Waals surface area contributed by atoms with Crippen molar-refractivity contribution in [2.45, 2.75) is 0 Å². The Hall–Kier alpha value is -3.21. The lowest BCUT2D eigenvalue weighted by molar-refractivity contribution is 0.103. The average molecular weight is 306 g/mol. The summed E-state index contributed by atoms with van der Waals surface area (Å²) in [6, 6.07) is 12.8. The monoisotopic (exact) mass is 306 g/mol. The van der Waals surface area contributed by atoms with Gasteiger partial charge in [-0.3, -0.25) is 4.79 Å². The Kier molecular flexibility index (Phi) is 2.87. The Balaban J connectivity index is 1.88. The molecule has 4 rings (SSSR count). The van der Waals surface area contributed by atoms with Gasteiger partial charge in [0.1, 0.15) is 17.2 Å². The molecule has 23 heavy (non-hydrogen) atoms. The smallest absolute Gasteiger partial charge is 0.198 e. The third-order valence-electron chi connectivity index (χ3n) is 3.82. The first-order valence-electron chi connectivity index (χ1n) is 7.03. The van der Waals surface area contributed by atoms with Crippen LogP contribution in [0.2, 0.25) is 0 Å². The first-order chi connectivity index (χ1) is 11.1. The fourth-order valence-electron chi connectivity index (χ4n) is 2.70. The van der Waals surface area contributed by atoms with Crippen LogP contribution in [0.5, 0.6) is 5.75 Å². The molecule has 4 aromatic rings. The van der Waals surface area contributed by atoms with Gasteiger partial charge in [-0.1, -0.05) is 18.2 Å². The fraction of sp³-hybridized carbons (Fsp3) is 0. The van der Waals surface area contributed by atoms with Crippen LogP contribution in [0.15, 0.2) is 54.7 Å². The number of halogens is 1. The molecular formula is C18H11FN2O2. The lowest BCUT2D eigenvalue weighted by atomic mass is 10.0. The largest absolute Gasteiger partial charge is 0.507 e. The third-order valence-corrected chi connectivity index (χ3v) is 3.82. The Morgan fingerprint density at radius 1 is 1.09 bits per heavy atom. The maximum absolute atomic E-state index is 13.1. The number of fused-ring (bicyclic) bond motifs is 3. The van der Waals surface area contributed by atoms with E-state index in [4.69, 9.17) is 0 Å². The van der Waals surface area contributed by atoms with Crippen LogP contribution in [0.3, 0.4) is 0 Å². The molecule has 2 aromatic carbocycles. The number of hydrogen-bond acceptors (Lipinski definition) is 3.